The summed E-state index contributed by atoms with van der Waals surface area (Å²) >= 11 is 0. The molecule has 0 aliphatic heterocycles. The lowest BCUT2D eigenvalue weighted by Gasteiger charge is -2.14. The van der Waals surface area contributed by atoms with Gasteiger partial charge in [-0.3, -0.25) is 0 Å². The van der Waals surface area contributed by atoms with Crippen molar-refractivity contribution in [3.05, 3.63) is 35.9 Å². The molecule has 0 aliphatic carbocycles. The zero-order valence-electron chi connectivity index (χ0n) is 8.25. The molecule has 1 rings (SSSR count). The molecule has 12 heavy (non-hydrogen) atoms. The molecule has 66 valence electrons. The highest BCUT2D eigenvalue weighted by atomic mass is 14.1. The van der Waals surface area contributed by atoms with Crippen LogP contribution in [0.5, 0.6) is 0 Å². The van der Waals surface area contributed by atoms with Crippen LogP contribution < -0.4 is 0 Å². The Labute approximate surface area is 75.6 Å². The number of rotatable bonds is 3. The molecule has 1 aromatic carbocycles. The van der Waals surface area contributed by atoms with Gasteiger partial charge in [-0.2, -0.15) is 0 Å². The third-order valence-corrected chi connectivity index (χ3v) is 2.54. The van der Waals surface area contributed by atoms with Crippen molar-refractivity contribution in [1.82, 2.24) is 0 Å². The molecule has 0 spiro atoms. The Morgan fingerprint density at radius 1 is 1.00 bits per heavy atom. The summed E-state index contributed by atoms with van der Waals surface area (Å²) in [6, 6.07) is 10.7. The van der Waals surface area contributed by atoms with Gasteiger partial charge in [-0.05, 0) is 23.8 Å². The molecule has 0 radical (unpaired) electrons. The molecule has 0 amide bonds. The van der Waals surface area contributed by atoms with Gasteiger partial charge < -0.3 is 0 Å². The van der Waals surface area contributed by atoms with Gasteiger partial charge in [0.2, 0.25) is 0 Å². The van der Waals surface area contributed by atoms with Gasteiger partial charge in [-0.25, -0.2) is 0 Å². The second-order valence-corrected chi connectivity index (χ2v) is 3.91. The topological polar surface area (TPSA) is 0 Å². The summed E-state index contributed by atoms with van der Waals surface area (Å²) in [5.41, 5.74) is 1.46. The fourth-order valence-corrected chi connectivity index (χ4v) is 1.22. The zero-order valence-corrected chi connectivity index (χ0v) is 8.25. The molecule has 0 heteroatoms. The molecule has 0 nitrogen and oxygen atoms in total. The van der Waals surface area contributed by atoms with Crippen molar-refractivity contribution in [2.75, 3.05) is 0 Å². The Bertz CT molecular complexity index is 211. The van der Waals surface area contributed by atoms with Crippen LogP contribution >= 0.6 is 0 Å². The second kappa shape index (κ2) is 4.30. The van der Waals surface area contributed by atoms with Gasteiger partial charge in [0.15, 0.2) is 0 Å². The molecule has 0 heterocycles. The Hall–Kier alpha value is -0.780. The normalized spacial score (nSPS) is 13.3. The van der Waals surface area contributed by atoms with Gasteiger partial charge in [0.1, 0.15) is 0 Å². The van der Waals surface area contributed by atoms with E-state index in [1.54, 1.807) is 0 Å². The molecule has 1 aromatic rings. The molecular weight excluding hydrogens is 144 g/mol. The summed E-state index contributed by atoms with van der Waals surface area (Å²) in [4.78, 5) is 0. The Kier molecular flexibility index (Phi) is 3.33. The van der Waals surface area contributed by atoms with Crippen LogP contribution in [0.2, 0.25) is 0 Å². The van der Waals surface area contributed by atoms with Gasteiger partial charge in [0.25, 0.3) is 0 Å². The Morgan fingerprint density at radius 3 is 2.08 bits per heavy atom. The molecule has 0 bridgehead atoms. The van der Waals surface area contributed by atoms with E-state index in [-0.39, 0.29) is 0 Å². The predicted octanol–water partition coefficient (Wildman–Crippen LogP) is 3.52. The largest absolute Gasteiger partial charge is 0.0625 e. The van der Waals surface area contributed by atoms with E-state index in [9.17, 15) is 0 Å². The maximum atomic E-state index is 2.32. The summed E-state index contributed by atoms with van der Waals surface area (Å²) in [6.45, 7) is 6.89. The van der Waals surface area contributed by atoms with Crippen molar-refractivity contribution < 1.29 is 0 Å². The van der Waals surface area contributed by atoms with E-state index in [1.165, 1.54) is 12.0 Å². The third kappa shape index (κ3) is 2.69. The van der Waals surface area contributed by atoms with E-state index in [1.807, 2.05) is 0 Å². The molecule has 0 aromatic heterocycles. The first-order chi connectivity index (χ1) is 5.70. The standard InChI is InChI=1S/C12H18/c1-10(2)11(3)9-12-7-5-4-6-8-12/h4-8,10-11H,9H2,1-3H3/t11-/m1/s1. The Morgan fingerprint density at radius 2 is 1.58 bits per heavy atom. The van der Waals surface area contributed by atoms with Crippen LogP contribution in [0.4, 0.5) is 0 Å². The van der Waals surface area contributed by atoms with Crippen molar-refractivity contribution in [2.24, 2.45) is 11.8 Å². The molecule has 1 atom stereocenters. The molecule has 0 unspecified atom stereocenters. The van der Waals surface area contributed by atoms with E-state index in [0.717, 1.165) is 11.8 Å². The second-order valence-electron chi connectivity index (χ2n) is 3.91. The van der Waals surface area contributed by atoms with Crippen LogP contribution in [0, 0.1) is 11.8 Å². The summed E-state index contributed by atoms with van der Waals surface area (Å²) < 4.78 is 0. The van der Waals surface area contributed by atoms with E-state index < -0.39 is 0 Å². The van der Waals surface area contributed by atoms with Crippen molar-refractivity contribution in [3.8, 4) is 0 Å². The fraction of sp³-hybridized carbons (Fsp3) is 0.500. The van der Waals surface area contributed by atoms with E-state index in [0.29, 0.717) is 0 Å². The molecule has 0 N–H and O–H groups in total. The maximum absolute atomic E-state index is 2.32. The number of hydrogen-bond acceptors (Lipinski definition) is 0. The van der Waals surface area contributed by atoms with Crippen molar-refractivity contribution >= 4 is 0 Å². The van der Waals surface area contributed by atoms with Crippen molar-refractivity contribution in [3.63, 3.8) is 0 Å². The number of hydrogen-bond donors (Lipinski definition) is 0. The minimum Gasteiger partial charge on any atom is -0.0625 e. The van der Waals surface area contributed by atoms with E-state index in [2.05, 4.69) is 51.1 Å². The first-order valence-corrected chi connectivity index (χ1v) is 4.74. The molecule has 0 aliphatic rings. The first-order valence-electron chi connectivity index (χ1n) is 4.74. The van der Waals surface area contributed by atoms with E-state index in [4.69, 9.17) is 0 Å². The van der Waals surface area contributed by atoms with Crippen LogP contribution in [-0.4, -0.2) is 0 Å². The number of benzene rings is 1. The van der Waals surface area contributed by atoms with Crippen LogP contribution in [0.25, 0.3) is 0 Å². The van der Waals surface area contributed by atoms with Crippen molar-refractivity contribution in [2.45, 2.75) is 27.2 Å². The van der Waals surface area contributed by atoms with Crippen LogP contribution in [0.1, 0.15) is 26.3 Å². The molecule has 0 saturated heterocycles. The van der Waals surface area contributed by atoms with Gasteiger partial charge in [0.05, 0.1) is 0 Å². The minimum absolute atomic E-state index is 0.783. The van der Waals surface area contributed by atoms with Gasteiger partial charge in [0, 0.05) is 0 Å². The minimum atomic E-state index is 0.783. The highest BCUT2D eigenvalue weighted by molar-refractivity contribution is 5.15. The monoisotopic (exact) mass is 162 g/mol. The molecular formula is C12H18. The lowest BCUT2D eigenvalue weighted by molar-refractivity contribution is 0.417. The summed E-state index contributed by atoms with van der Waals surface area (Å²) in [5.74, 6) is 1.57. The summed E-state index contributed by atoms with van der Waals surface area (Å²) in [7, 11) is 0. The SMILES string of the molecule is CC(C)[C@H](C)Cc1ccccc1. The average Bonchev–Trinajstić information content (AvgIpc) is 2.06. The van der Waals surface area contributed by atoms with Gasteiger partial charge in [-0.1, -0.05) is 51.1 Å². The quantitative estimate of drug-likeness (QED) is 0.638. The summed E-state index contributed by atoms with van der Waals surface area (Å²) in [5, 5.41) is 0. The lowest BCUT2D eigenvalue weighted by atomic mass is 9.91. The van der Waals surface area contributed by atoms with Crippen LogP contribution in [0.15, 0.2) is 30.3 Å². The highest BCUT2D eigenvalue weighted by Gasteiger charge is 2.06. The predicted molar refractivity (Wildman–Crippen MR) is 54.1 cm³/mol. The fourth-order valence-electron chi connectivity index (χ4n) is 1.22. The highest BCUT2D eigenvalue weighted by Crippen LogP contribution is 2.15. The smallest absolute Gasteiger partial charge is 0.0251 e. The maximum Gasteiger partial charge on any atom is -0.0251 e. The molecule has 0 saturated carbocycles. The van der Waals surface area contributed by atoms with Crippen LogP contribution in [-0.2, 0) is 6.42 Å². The third-order valence-electron chi connectivity index (χ3n) is 2.54. The zero-order chi connectivity index (χ0) is 8.97. The van der Waals surface area contributed by atoms with Gasteiger partial charge in [-0.15, -0.1) is 0 Å². The first kappa shape index (κ1) is 9.31. The Balaban J connectivity index is 2.53. The average molecular weight is 162 g/mol. The van der Waals surface area contributed by atoms with E-state index >= 15 is 0 Å². The van der Waals surface area contributed by atoms with Crippen molar-refractivity contribution in [1.29, 1.82) is 0 Å². The van der Waals surface area contributed by atoms with Crippen LogP contribution in [0.3, 0.4) is 0 Å². The summed E-state index contributed by atoms with van der Waals surface area (Å²) in [6.07, 6.45) is 1.21. The molecule has 0 fully saturated rings. The van der Waals surface area contributed by atoms with Gasteiger partial charge >= 0.3 is 0 Å². The lowest BCUT2D eigenvalue weighted by Crippen LogP contribution is -2.06.